The summed E-state index contributed by atoms with van der Waals surface area (Å²) in [5, 5.41) is 13.9. The standard InChI is InChI=1S/C91H124N10O16S/c1-59(2)72(89(110)98(8)85(67-28-16-17-29-67)78(113-10)56-82(108)100-46-23-33-74(100)86(114-11)62(7)75(102)54-70(88-94-45-51-118-88)52-63-24-13-12-14-25-63)55-77(104)84(61(5)6)99(9)91(112)117-58-64-36-40-71(41-37-64)96-87(109)68(31-22-43-95-90(92)111)53-76(103)83(60(3)4)97-80(106)42-47-115-49-50-116-48-44-93-79(105)34-21-35-81(107)101-57-69-30-18-15-26-65(69)38-39-66-27-19-20-32-73(66)101/h12-15,18-20,24-27,30,32,36-37,40-41,45,51,59-62,67-68,70,72,74,78,83-86H,16-17,21-23,28-29,31,33-35,42-44,46-50,52-58H2,1-11H3,(H,93,105)(H,96,109)(H,97,106)(H3,92,95,111)/t62-,68?,70?,72-,74-,78+,83-,84-,85-,86+/m0/s1. The molecular formula is C91H124N10O16S. The fraction of sp³-hybridized carbons (Fsp3) is 0.560. The van der Waals surface area contributed by atoms with E-state index < -0.39 is 72.0 Å². The second-order valence-corrected chi connectivity index (χ2v) is 33.3. The summed E-state index contributed by atoms with van der Waals surface area (Å²) >= 11 is 1.54. The average molecular weight is 1650 g/mol. The normalized spacial score (nSPS) is 16.2. The Kier molecular flexibility index (Phi) is 38.0. The number of fused-ring (bicyclic) bond motifs is 2. The molecule has 0 bridgehead atoms. The molecule has 2 aliphatic heterocycles. The molecule has 0 radical (unpaired) electrons. The van der Waals surface area contributed by atoms with Crippen molar-refractivity contribution in [1.29, 1.82) is 0 Å². The number of primary amides is 1. The zero-order valence-electron chi connectivity index (χ0n) is 70.7. The number of likely N-dealkylation sites (N-methyl/N-ethyl adjacent to an activating group) is 2. The molecule has 1 aliphatic carbocycles. The van der Waals surface area contributed by atoms with Crippen molar-refractivity contribution in [1.82, 2.24) is 35.6 Å². The smallest absolute Gasteiger partial charge is 0.410 e. The molecule has 2 fully saturated rings. The molecule has 3 aliphatic rings. The molecule has 2 unspecified atom stereocenters. The number of nitrogens with two attached hydrogens (primary N) is 1. The Morgan fingerprint density at radius 3 is 1.99 bits per heavy atom. The average Bonchev–Trinajstić information content (AvgIpc) is 1.42. The van der Waals surface area contributed by atoms with Crippen molar-refractivity contribution in [3.05, 3.63) is 148 Å². The van der Waals surface area contributed by atoms with Gasteiger partial charge in [0.25, 0.3) is 0 Å². The number of thiazole rings is 1. The van der Waals surface area contributed by atoms with Gasteiger partial charge < -0.3 is 70.3 Å². The maximum absolute atomic E-state index is 15.1. The minimum atomic E-state index is -0.963. The molecule has 9 amide bonds. The zero-order chi connectivity index (χ0) is 85.4. The van der Waals surface area contributed by atoms with E-state index in [1.54, 1.807) is 75.4 Å². The molecule has 4 aromatic carbocycles. The van der Waals surface area contributed by atoms with Crippen LogP contribution in [0.15, 0.2) is 115 Å². The first-order chi connectivity index (χ1) is 56.7. The van der Waals surface area contributed by atoms with Crippen molar-refractivity contribution in [3.8, 4) is 11.8 Å². The molecule has 1 saturated heterocycles. The number of nitrogens with one attached hydrogen (secondary N) is 4. The lowest BCUT2D eigenvalue weighted by molar-refractivity contribution is -0.149. The Bertz CT molecular complexity index is 4180. The van der Waals surface area contributed by atoms with Gasteiger partial charge in [0.1, 0.15) is 12.4 Å². The summed E-state index contributed by atoms with van der Waals surface area (Å²) in [7, 11) is 6.42. The van der Waals surface area contributed by atoms with Gasteiger partial charge >= 0.3 is 12.1 Å². The third kappa shape index (κ3) is 28.0. The van der Waals surface area contributed by atoms with Gasteiger partial charge in [-0.3, -0.25) is 43.2 Å². The Hall–Kier alpha value is -9.72. The van der Waals surface area contributed by atoms with Crippen LogP contribution in [0.2, 0.25) is 0 Å². The summed E-state index contributed by atoms with van der Waals surface area (Å²) in [6, 6.07) is 28.5. The molecule has 1 aromatic heterocycles. The SMILES string of the molecule is CO[C@H]([C@@H](C)C(=O)CC(Cc1ccccc1)c1nccs1)[C@@H]1CCCN1C(=O)C[C@@H](OC)[C@H](C1CCCC1)N(C)C(=O)[C@@H](CC(=O)[C@H](C(C)C)N(C)C(=O)OCc1ccc(NC(=O)C(CCCNC(N)=O)CC(=O)[C@@H](NC(=O)CCOCCOCCNC(=O)CCCC(=O)N2Cc3ccccc3C#Cc3ccccc32)C(C)C)cc1)C(C)C. The number of urea groups is 1. The molecule has 3 heterocycles. The number of anilines is 2. The molecule has 118 heavy (non-hydrogen) atoms. The Balaban J connectivity index is 0.771. The number of carbonyl (C=O) groups is 11. The lowest BCUT2D eigenvalue weighted by Crippen LogP contribution is -2.54. The Morgan fingerprint density at radius 2 is 1.32 bits per heavy atom. The highest BCUT2D eigenvalue weighted by atomic mass is 32.1. The van der Waals surface area contributed by atoms with Crippen molar-refractivity contribution in [2.24, 2.45) is 47.2 Å². The van der Waals surface area contributed by atoms with Crippen molar-refractivity contribution >= 4 is 87.6 Å². The number of nitrogens with zero attached hydrogens (tertiary/aromatic N) is 5. The highest BCUT2D eigenvalue weighted by Crippen LogP contribution is 2.38. The number of Topliss-reactive ketones (excluding diaryl/α,β-unsaturated/α-hetero) is 3. The second-order valence-electron chi connectivity index (χ2n) is 32.4. The number of hydrogen-bond donors (Lipinski definition) is 5. The molecule has 10 atom stereocenters. The number of rotatable bonds is 48. The fourth-order valence-electron chi connectivity index (χ4n) is 16.5. The third-order valence-corrected chi connectivity index (χ3v) is 23.9. The highest BCUT2D eigenvalue weighted by Gasteiger charge is 2.46. The van der Waals surface area contributed by atoms with Crippen LogP contribution < -0.4 is 31.9 Å². The maximum Gasteiger partial charge on any atom is 0.410 e. The first-order valence-corrected chi connectivity index (χ1v) is 42.7. The maximum atomic E-state index is 15.1. The van der Waals surface area contributed by atoms with E-state index in [0.717, 1.165) is 65.1 Å². The predicted molar refractivity (Wildman–Crippen MR) is 453 cm³/mol. The van der Waals surface area contributed by atoms with Crippen molar-refractivity contribution in [2.75, 3.05) is 84.6 Å². The van der Waals surface area contributed by atoms with E-state index >= 15 is 4.79 Å². The van der Waals surface area contributed by atoms with Crippen LogP contribution in [0.3, 0.4) is 0 Å². The van der Waals surface area contributed by atoms with E-state index in [-0.39, 0.29) is 174 Å². The van der Waals surface area contributed by atoms with Crippen LogP contribution >= 0.6 is 11.3 Å². The fourth-order valence-corrected chi connectivity index (χ4v) is 17.3. The number of carbonyl (C=O) groups excluding carboxylic acids is 11. The number of likely N-dealkylation sites (tertiary alicyclic amines) is 1. The van der Waals surface area contributed by atoms with E-state index in [2.05, 4.69) is 50.2 Å². The Labute approximate surface area is 700 Å². The third-order valence-electron chi connectivity index (χ3n) is 22.9. The van der Waals surface area contributed by atoms with Gasteiger partial charge in [0.05, 0.1) is 86.5 Å². The molecule has 640 valence electrons. The van der Waals surface area contributed by atoms with Gasteiger partial charge in [-0.2, -0.15) is 0 Å². The molecule has 8 rings (SSSR count). The van der Waals surface area contributed by atoms with E-state index in [4.69, 9.17) is 29.4 Å². The first-order valence-electron chi connectivity index (χ1n) is 41.8. The summed E-state index contributed by atoms with van der Waals surface area (Å²) < 4.78 is 29.5. The molecule has 6 N–H and O–H groups in total. The number of methoxy groups -OCH3 is 2. The second kappa shape index (κ2) is 47.8. The molecule has 5 aromatic rings. The minimum Gasteiger partial charge on any atom is -0.445 e. The summed E-state index contributed by atoms with van der Waals surface area (Å²) in [6.07, 6.45) is 6.40. The largest absolute Gasteiger partial charge is 0.445 e. The number of amides is 9. The summed E-state index contributed by atoms with van der Waals surface area (Å²) in [6.45, 7) is 14.6. The predicted octanol–water partition coefficient (Wildman–Crippen LogP) is 11.8. The van der Waals surface area contributed by atoms with Crippen molar-refractivity contribution in [3.63, 3.8) is 0 Å². The highest BCUT2D eigenvalue weighted by molar-refractivity contribution is 7.09. The van der Waals surface area contributed by atoms with E-state index in [1.807, 2.05) is 112 Å². The molecule has 1 saturated carbocycles. The van der Waals surface area contributed by atoms with Crippen LogP contribution in [0, 0.1) is 53.3 Å². The number of ether oxygens (including phenoxy) is 5. The van der Waals surface area contributed by atoms with E-state index in [9.17, 15) is 47.9 Å². The minimum absolute atomic E-state index is 0.00888. The molecule has 26 nitrogen and oxygen atoms in total. The summed E-state index contributed by atoms with van der Waals surface area (Å²) in [5.41, 5.74) is 10.7. The summed E-state index contributed by atoms with van der Waals surface area (Å²) in [4.78, 5) is 163. The molecule has 27 heteroatoms. The van der Waals surface area contributed by atoms with Gasteiger partial charge in [-0.25, -0.2) is 14.6 Å². The lowest BCUT2D eigenvalue weighted by Gasteiger charge is -2.41. The Morgan fingerprint density at radius 1 is 0.636 bits per heavy atom. The van der Waals surface area contributed by atoms with Gasteiger partial charge in [0.15, 0.2) is 11.6 Å². The van der Waals surface area contributed by atoms with Gasteiger partial charge in [-0.15, -0.1) is 11.3 Å². The van der Waals surface area contributed by atoms with Gasteiger partial charge in [0, 0.05) is 139 Å². The zero-order valence-corrected chi connectivity index (χ0v) is 71.5. The number of benzene rings is 4. The van der Waals surface area contributed by atoms with Crippen LogP contribution in [0.25, 0.3) is 0 Å². The molecule has 0 spiro atoms. The summed E-state index contributed by atoms with van der Waals surface area (Å²) in [5.74, 6) is 0.879. The van der Waals surface area contributed by atoms with Crippen molar-refractivity contribution in [2.45, 2.75) is 213 Å². The van der Waals surface area contributed by atoms with Crippen LogP contribution in [-0.2, 0) is 86.4 Å². The lowest BCUT2D eigenvalue weighted by atomic mass is 9.83. The molecular weight excluding hydrogens is 1520 g/mol. The number of para-hydroxylation sites is 1. The number of ketones is 3. The van der Waals surface area contributed by atoms with Gasteiger partial charge in [-0.05, 0) is 122 Å². The van der Waals surface area contributed by atoms with E-state index in [0.29, 0.717) is 50.0 Å². The van der Waals surface area contributed by atoms with Crippen LogP contribution in [0.5, 0.6) is 0 Å². The van der Waals surface area contributed by atoms with Crippen LogP contribution in [-0.4, -0.2) is 195 Å². The van der Waals surface area contributed by atoms with E-state index in [1.165, 1.54) is 23.3 Å². The monoisotopic (exact) mass is 1640 g/mol. The number of aromatic nitrogens is 1. The topological polar surface area (TPSA) is 334 Å². The van der Waals surface area contributed by atoms with Crippen LogP contribution in [0.4, 0.5) is 21.0 Å². The first kappa shape index (κ1) is 93.8. The van der Waals surface area contributed by atoms with Gasteiger partial charge in [-0.1, -0.05) is 146 Å². The quantitative estimate of drug-likeness (QED) is 0.0178. The van der Waals surface area contributed by atoms with Crippen LogP contribution in [0.1, 0.15) is 190 Å². The van der Waals surface area contributed by atoms with Gasteiger partial charge in [0.2, 0.25) is 35.4 Å². The number of hydrogen-bond acceptors (Lipinski definition) is 18. The van der Waals surface area contributed by atoms with Crippen molar-refractivity contribution < 1.29 is 76.4 Å².